The summed E-state index contributed by atoms with van der Waals surface area (Å²) in [4.78, 5) is 2.01. The molecule has 0 saturated heterocycles. The Kier molecular flexibility index (Phi) is 4.17. The number of anilines is 3. The van der Waals surface area contributed by atoms with Gasteiger partial charge in [0.05, 0.1) is 5.69 Å². The molecule has 3 heteroatoms. The van der Waals surface area contributed by atoms with Crippen LogP contribution >= 0.6 is 0 Å². The summed E-state index contributed by atoms with van der Waals surface area (Å²) in [5.41, 5.74) is 5.48. The Hall–Kier alpha value is -2.94. The van der Waals surface area contributed by atoms with Crippen molar-refractivity contribution in [3.05, 3.63) is 77.4 Å². The largest absolute Gasteiger partial charge is 0.507 e. The number of phenolic OH excluding ortho intramolecular Hbond substituents is 2. The zero-order chi connectivity index (χ0) is 17.3. The van der Waals surface area contributed by atoms with Crippen molar-refractivity contribution in [2.75, 3.05) is 4.90 Å². The minimum atomic E-state index is 0.0780. The van der Waals surface area contributed by atoms with Crippen LogP contribution in [0.3, 0.4) is 0 Å². The molecule has 0 saturated carbocycles. The van der Waals surface area contributed by atoms with Crippen LogP contribution in [0, 0.1) is 20.8 Å². The molecule has 0 bridgehead atoms. The summed E-state index contributed by atoms with van der Waals surface area (Å²) in [6, 6.07) is 19.7. The van der Waals surface area contributed by atoms with Gasteiger partial charge in [0.1, 0.15) is 11.5 Å². The monoisotopic (exact) mass is 319 g/mol. The smallest absolute Gasteiger partial charge is 0.124 e. The van der Waals surface area contributed by atoms with Gasteiger partial charge < -0.3 is 15.1 Å². The average Bonchev–Trinajstić information content (AvgIpc) is 2.56. The Balaban J connectivity index is 2.18. The molecule has 3 aromatic rings. The molecule has 0 amide bonds. The van der Waals surface area contributed by atoms with E-state index in [1.54, 1.807) is 19.1 Å². The molecular weight excluding hydrogens is 298 g/mol. The first-order chi connectivity index (χ1) is 11.5. The number of aryl methyl sites for hydroxylation is 2. The molecular formula is C21H21NO2. The molecule has 0 spiro atoms. The molecule has 122 valence electrons. The SMILES string of the molecule is Cc1ccc(N(c2ccc(C)cc2)c2cc(O)c(C)c(O)c2)cc1. The Bertz CT molecular complexity index is 784. The maximum atomic E-state index is 10.1. The molecule has 0 aliphatic heterocycles. The minimum Gasteiger partial charge on any atom is -0.507 e. The summed E-state index contributed by atoms with van der Waals surface area (Å²) in [5.74, 6) is 0.156. The van der Waals surface area contributed by atoms with Crippen LogP contribution in [0.1, 0.15) is 16.7 Å². The number of hydrogen-bond donors (Lipinski definition) is 2. The van der Waals surface area contributed by atoms with Gasteiger partial charge in [0.25, 0.3) is 0 Å². The normalized spacial score (nSPS) is 10.6. The minimum absolute atomic E-state index is 0.0780. The maximum absolute atomic E-state index is 10.1. The number of hydrogen-bond acceptors (Lipinski definition) is 3. The highest BCUT2D eigenvalue weighted by Crippen LogP contribution is 2.39. The van der Waals surface area contributed by atoms with E-state index in [0.29, 0.717) is 11.3 Å². The van der Waals surface area contributed by atoms with Crippen LogP contribution < -0.4 is 4.90 Å². The van der Waals surface area contributed by atoms with Gasteiger partial charge in [-0.2, -0.15) is 0 Å². The van der Waals surface area contributed by atoms with Gasteiger partial charge in [-0.25, -0.2) is 0 Å². The lowest BCUT2D eigenvalue weighted by atomic mass is 10.1. The zero-order valence-corrected chi connectivity index (χ0v) is 14.1. The maximum Gasteiger partial charge on any atom is 0.124 e. The molecule has 0 radical (unpaired) electrons. The molecule has 0 aliphatic rings. The van der Waals surface area contributed by atoms with E-state index in [1.807, 2.05) is 67.3 Å². The van der Waals surface area contributed by atoms with Crippen molar-refractivity contribution < 1.29 is 10.2 Å². The summed E-state index contributed by atoms with van der Waals surface area (Å²) in [5, 5.41) is 20.3. The molecule has 3 rings (SSSR count). The number of benzene rings is 3. The summed E-state index contributed by atoms with van der Waals surface area (Å²) in [7, 11) is 0. The third-order valence-electron chi connectivity index (χ3n) is 4.18. The van der Waals surface area contributed by atoms with E-state index in [4.69, 9.17) is 0 Å². The van der Waals surface area contributed by atoms with Crippen LogP contribution in [0.25, 0.3) is 0 Å². The fourth-order valence-electron chi connectivity index (χ4n) is 2.63. The highest BCUT2D eigenvalue weighted by molar-refractivity contribution is 5.78. The van der Waals surface area contributed by atoms with Gasteiger partial charge in [-0.3, -0.25) is 0 Å². The predicted octanol–water partition coefficient (Wildman–Crippen LogP) is 5.49. The molecule has 0 unspecified atom stereocenters. The first kappa shape index (κ1) is 15.9. The van der Waals surface area contributed by atoms with E-state index < -0.39 is 0 Å². The third kappa shape index (κ3) is 3.06. The molecule has 24 heavy (non-hydrogen) atoms. The van der Waals surface area contributed by atoms with E-state index in [0.717, 1.165) is 11.4 Å². The van der Waals surface area contributed by atoms with Gasteiger partial charge in [-0.1, -0.05) is 35.4 Å². The Morgan fingerprint density at radius 1 is 0.583 bits per heavy atom. The van der Waals surface area contributed by atoms with Gasteiger partial charge in [-0.05, 0) is 45.0 Å². The molecule has 0 atom stereocenters. The predicted molar refractivity (Wildman–Crippen MR) is 98.7 cm³/mol. The molecule has 0 aliphatic carbocycles. The second kappa shape index (κ2) is 6.28. The van der Waals surface area contributed by atoms with E-state index in [-0.39, 0.29) is 11.5 Å². The van der Waals surface area contributed by atoms with Crippen molar-refractivity contribution >= 4 is 17.1 Å². The molecule has 0 heterocycles. The van der Waals surface area contributed by atoms with Crippen LogP contribution in [0.4, 0.5) is 17.1 Å². The lowest BCUT2D eigenvalue weighted by Gasteiger charge is -2.26. The van der Waals surface area contributed by atoms with Gasteiger partial charge in [0.15, 0.2) is 0 Å². The van der Waals surface area contributed by atoms with Crippen molar-refractivity contribution in [2.45, 2.75) is 20.8 Å². The van der Waals surface area contributed by atoms with E-state index in [2.05, 4.69) is 0 Å². The van der Waals surface area contributed by atoms with Crippen LogP contribution in [0.5, 0.6) is 11.5 Å². The summed E-state index contributed by atoms with van der Waals surface area (Å²) in [6.45, 7) is 5.78. The Morgan fingerprint density at radius 3 is 1.33 bits per heavy atom. The lowest BCUT2D eigenvalue weighted by Crippen LogP contribution is -2.10. The third-order valence-corrected chi connectivity index (χ3v) is 4.18. The molecule has 3 nitrogen and oxygen atoms in total. The van der Waals surface area contributed by atoms with Gasteiger partial charge >= 0.3 is 0 Å². The molecule has 0 aromatic heterocycles. The Labute approximate surface area is 142 Å². The van der Waals surface area contributed by atoms with Crippen molar-refractivity contribution in [3.63, 3.8) is 0 Å². The zero-order valence-electron chi connectivity index (χ0n) is 14.1. The fraction of sp³-hybridized carbons (Fsp3) is 0.143. The summed E-state index contributed by atoms with van der Waals surface area (Å²) < 4.78 is 0. The van der Waals surface area contributed by atoms with Gasteiger partial charge in [0, 0.05) is 29.1 Å². The average molecular weight is 319 g/mol. The Morgan fingerprint density at radius 2 is 0.958 bits per heavy atom. The molecule has 2 N–H and O–H groups in total. The van der Waals surface area contributed by atoms with Gasteiger partial charge in [0.2, 0.25) is 0 Å². The van der Waals surface area contributed by atoms with Crippen LogP contribution in [-0.2, 0) is 0 Å². The number of rotatable bonds is 3. The molecule has 0 fully saturated rings. The number of aromatic hydroxyl groups is 2. The highest BCUT2D eigenvalue weighted by Gasteiger charge is 2.15. The van der Waals surface area contributed by atoms with Gasteiger partial charge in [-0.15, -0.1) is 0 Å². The second-order valence-corrected chi connectivity index (χ2v) is 6.12. The van der Waals surface area contributed by atoms with Crippen molar-refractivity contribution in [1.82, 2.24) is 0 Å². The van der Waals surface area contributed by atoms with Crippen LogP contribution in [0.2, 0.25) is 0 Å². The van der Waals surface area contributed by atoms with E-state index in [9.17, 15) is 10.2 Å². The first-order valence-electron chi connectivity index (χ1n) is 7.92. The van der Waals surface area contributed by atoms with Crippen LogP contribution in [-0.4, -0.2) is 10.2 Å². The van der Waals surface area contributed by atoms with Crippen molar-refractivity contribution in [1.29, 1.82) is 0 Å². The van der Waals surface area contributed by atoms with E-state index >= 15 is 0 Å². The first-order valence-corrected chi connectivity index (χ1v) is 7.92. The van der Waals surface area contributed by atoms with Crippen molar-refractivity contribution in [2.24, 2.45) is 0 Å². The topological polar surface area (TPSA) is 43.7 Å². The number of nitrogens with zero attached hydrogens (tertiary/aromatic N) is 1. The highest BCUT2D eigenvalue weighted by atomic mass is 16.3. The quantitative estimate of drug-likeness (QED) is 0.670. The summed E-state index contributed by atoms with van der Waals surface area (Å²) in [6.07, 6.45) is 0. The van der Waals surface area contributed by atoms with E-state index in [1.165, 1.54) is 11.1 Å². The fourth-order valence-corrected chi connectivity index (χ4v) is 2.63. The molecule has 3 aromatic carbocycles. The van der Waals surface area contributed by atoms with Crippen LogP contribution in [0.15, 0.2) is 60.7 Å². The number of phenols is 2. The lowest BCUT2D eigenvalue weighted by molar-refractivity contribution is 0.443. The van der Waals surface area contributed by atoms with Crippen molar-refractivity contribution in [3.8, 4) is 11.5 Å². The second-order valence-electron chi connectivity index (χ2n) is 6.12. The standard InChI is InChI=1S/C21H21NO2/c1-14-4-8-17(9-5-14)22(18-10-6-15(2)7-11-18)19-12-20(23)16(3)21(24)13-19/h4-13,23-24H,1-3H3. The summed E-state index contributed by atoms with van der Waals surface area (Å²) >= 11 is 0.